The van der Waals surface area contributed by atoms with E-state index in [4.69, 9.17) is 9.47 Å². The molecular formula is C12H17NO5S. The minimum atomic E-state index is -0.965. The van der Waals surface area contributed by atoms with Crippen molar-refractivity contribution in [3.63, 3.8) is 0 Å². The second-order valence-electron chi connectivity index (χ2n) is 5.12. The minimum Gasteiger partial charge on any atom is -0.466 e. The maximum atomic E-state index is 12.1. The average Bonchev–Trinajstić information content (AvgIpc) is 2.39. The zero-order valence-corrected chi connectivity index (χ0v) is 11.6. The van der Waals surface area contributed by atoms with Gasteiger partial charge >= 0.3 is 0 Å². The van der Waals surface area contributed by atoms with Crippen LogP contribution in [0.15, 0.2) is 10.7 Å². The Labute approximate surface area is 115 Å². The standard InChI is InChI=1S/C12H17NO5S/c1-5-7(14)8(15)10-12(17-5)18-6-3-4-13(2)11(16)9(6)19-10/h5,7-8,10,12,14-15H,3-4H2,1-2H3. The fraction of sp³-hybridized carbons (Fsp3) is 0.750. The van der Waals surface area contributed by atoms with Gasteiger partial charge in [0.2, 0.25) is 6.29 Å². The monoisotopic (exact) mass is 287 g/mol. The summed E-state index contributed by atoms with van der Waals surface area (Å²) in [5.74, 6) is 0.551. The number of hydrogen-bond donors (Lipinski definition) is 2. The second-order valence-corrected chi connectivity index (χ2v) is 6.31. The lowest BCUT2D eigenvalue weighted by Gasteiger charge is -2.45. The highest BCUT2D eigenvalue weighted by Crippen LogP contribution is 2.43. The lowest BCUT2D eigenvalue weighted by molar-refractivity contribution is -0.231. The molecule has 106 valence electrons. The van der Waals surface area contributed by atoms with Gasteiger partial charge in [-0.05, 0) is 6.92 Å². The molecular weight excluding hydrogens is 270 g/mol. The van der Waals surface area contributed by atoms with Crippen molar-refractivity contribution in [1.82, 2.24) is 4.90 Å². The summed E-state index contributed by atoms with van der Waals surface area (Å²) in [6.45, 7) is 2.32. The molecule has 1 amide bonds. The molecule has 1 fully saturated rings. The third-order valence-corrected chi connectivity index (χ3v) is 5.18. The number of nitrogens with zero attached hydrogens (tertiary/aromatic N) is 1. The van der Waals surface area contributed by atoms with Gasteiger partial charge in [0.1, 0.15) is 28.1 Å². The lowest BCUT2D eigenvalue weighted by atomic mass is 10.0. The van der Waals surface area contributed by atoms with Crippen LogP contribution in [0.3, 0.4) is 0 Å². The Bertz CT molecular complexity index is 440. The van der Waals surface area contributed by atoms with Crippen LogP contribution in [0.5, 0.6) is 0 Å². The fourth-order valence-corrected chi connectivity index (χ4v) is 3.85. The molecule has 5 atom stereocenters. The van der Waals surface area contributed by atoms with E-state index in [1.54, 1.807) is 18.9 Å². The van der Waals surface area contributed by atoms with E-state index in [0.717, 1.165) is 0 Å². The quantitative estimate of drug-likeness (QED) is 0.634. The molecule has 3 heterocycles. The summed E-state index contributed by atoms with van der Waals surface area (Å²) in [4.78, 5) is 14.2. The van der Waals surface area contributed by atoms with Crippen LogP contribution in [0.4, 0.5) is 0 Å². The molecule has 6 nitrogen and oxygen atoms in total. The molecule has 3 aliphatic heterocycles. The van der Waals surface area contributed by atoms with Gasteiger partial charge in [0.25, 0.3) is 5.91 Å². The third-order valence-electron chi connectivity index (χ3n) is 3.77. The molecule has 0 aromatic rings. The Kier molecular flexibility index (Phi) is 3.24. The predicted octanol–water partition coefficient (Wildman–Crippen LogP) is -0.341. The molecule has 7 heteroatoms. The van der Waals surface area contributed by atoms with Crippen molar-refractivity contribution < 1.29 is 24.5 Å². The van der Waals surface area contributed by atoms with E-state index in [-0.39, 0.29) is 5.91 Å². The molecule has 19 heavy (non-hydrogen) atoms. The number of hydrogen-bond acceptors (Lipinski definition) is 6. The van der Waals surface area contributed by atoms with Crippen LogP contribution in [0.25, 0.3) is 0 Å². The summed E-state index contributed by atoms with van der Waals surface area (Å²) < 4.78 is 11.3. The first-order chi connectivity index (χ1) is 8.99. The Balaban J connectivity index is 1.88. The highest BCUT2D eigenvalue weighted by Gasteiger charge is 2.49. The number of amides is 1. The number of carbonyl (C=O) groups excluding carboxylic acids is 1. The zero-order valence-electron chi connectivity index (χ0n) is 10.8. The molecule has 0 aliphatic carbocycles. The Hall–Kier alpha value is -0.760. The van der Waals surface area contributed by atoms with Crippen molar-refractivity contribution in [2.75, 3.05) is 13.6 Å². The molecule has 3 aliphatic rings. The maximum absolute atomic E-state index is 12.1. The first-order valence-corrected chi connectivity index (χ1v) is 7.20. The molecule has 2 N–H and O–H groups in total. The van der Waals surface area contributed by atoms with E-state index in [2.05, 4.69) is 0 Å². The Morgan fingerprint density at radius 3 is 2.84 bits per heavy atom. The van der Waals surface area contributed by atoms with Crippen LogP contribution in [0.2, 0.25) is 0 Å². The molecule has 3 rings (SSSR count). The van der Waals surface area contributed by atoms with Gasteiger partial charge < -0.3 is 24.6 Å². The van der Waals surface area contributed by atoms with Crippen LogP contribution >= 0.6 is 11.8 Å². The molecule has 0 aromatic carbocycles. The smallest absolute Gasteiger partial charge is 0.263 e. The predicted molar refractivity (Wildman–Crippen MR) is 68.1 cm³/mol. The van der Waals surface area contributed by atoms with Gasteiger partial charge in [0, 0.05) is 20.0 Å². The van der Waals surface area contributed by atoms with Crippen LogP contribution in [-0.4, -0.2) is 64.5 Å². The summed E-state index contributed by atoms with van der Waals surface area (Å²) in [6, 6.07) is 0. The first-order valence-electron chi connectivity index (χ1n) is 6.32. The molecule has 5 unspecified atom stereocenters. The highest BCUT2D eigenvalue weighted by molar-refractivity contribution is 8.04. The fourth-order valence-electron chi connectivity index (χ4n) is 2.50. The molecule has 0 bridgehead atoms. The van der Waals surface area contributed by atoms with E-state index in [1.165, 1.54) is 11.8 Å². The topological polar surface area (TPSA) is 79.2 Å². The van der Waals surface area contributed by atoms with Gasteiger partial charge in [-0.2, -0.15) is 0 Å². The normalized spacial score (nSPS) is 42.6. The molecule has 0 spiro atoms. The number of thioether (sulfide) groups is 1. The second kappa shape index (κ2) is 4.66. The number of likely N-dealkylation sites (N-methyl/N-ethyl adjacent to an activating group) is 1. The van der Waals surface area contributed by atoms with Crippen molar-refractivity contribution in [2.45, 2.75) is 43.2 Å². The van der Waals surface area contributed by atoms with E-state index in [0.29, 0.717) is 23.6 Å². The average molecular weight is 287 g/mol. The number of aliphatic hydroxyl groups excluding tert-OH is 2. The number of rotatable bonds is 0. The van der Waals surface area contributed by atoms with E-state index in [1.807, 2.05) is 0 Å². The van der Waals surface area contributed by atoms with Gasteiger partial charge in [0.05, 0.1) is 6.10 Å². The number of carbonyl (C=O) groups is 1. The van der Waals surface area contributed by atoms with Gasteiger partial charge in [-0.15, -0.1) is 11.8 Å². The number of ether oxygens (including phenoxy) is 2. The Morgan fingerprint density at radius 1 is 1.37 bits per heavy atom. The molecule has 0 radical (unpaired) electrons. The van der Waals surface area contributed by atoms with E-state index >= 15 is 0 Å². The summed E-state index contributed by atoms with van der Waals surface area (Å²) >= 11 is 1.25. The van der Waals surface area contributed by atoms with Gasteiger partial charge in [-0.3, -0.25) is 4.79 Å². The number of fused-ring (bicyclic) bond motifs is 1. The SMILES string of the molecule is CC1OC2OC3=C(SC2C(O)C1O)C(=O)N(C)CC3. The number of aliphatic hydroxyl groups is 2. The van der Waals surface area contributed by atoms with Gasteiger partial charge in [-0.1, -0.05) is 0 Å². The largest absolute Gasteiger partial charge is 0.466 e. The summed E-state index contributed by atoms with van der Waals surface area (Å²) in [7, 11) is 1.74. The molecule has 0 saturated carbocycles. The molecule has 1 saturated heterocycles. The minimum absolute atomic E-state index is 0.0926. The van der Waals surface area contributed by atoms with Gasteiger partial charge in [0.15, 0.2) is 0 Å². The first kappa shape index (κ1) is 13.2. The van der Waals surface area contributed by atoms with Crippen molar-refractivity contribution in [3.8, 4) is 0 Å². The van der Waals surface area contributed by atoms with Crippen LogP contribution < -0.4 is 0 Å². The molecule has 0 aromatic heterocycles. The van der Waals surface area contributed by atoms with Crippen LogP contribution in [-0.2, 0) is 14.3 Å². The third kappa shape index (κ3) is 2.05. The van der Waals surface area contributed by atoms with Crippen molar-refractivity contribution in [2.24, 2.45) is 0 Å². The lowest BCUT2D eigenvalue weighted by Crippen LogP contribution is -2.57. The van der Waals surface area contributed by atoms with Crippen LogP contribution in [0, 0.1) is 0 Å². The highest BCUT2D eigenvalue weighted by atomic mass is 32.2. The van der Waals surface area contributed by atoms with Crippen molar-refractivity contribution in [1.29, 1.82) is 0 Å². The summed E-state index contributed by atoms with van der Waals surface area (Å²) in [5, 5.41) is 19.5. The van der Waals surface area contributed by atoms with Crippen molar-refractivity contribution >= 4 is 17.7 Å². The summed E-state index contributed by atoms with van der Waals surface area (Å²) in [6.07, 6.45) is -2.36. The van der Waals surface area contributed by atoms with E-state index < -0.39 is 29.9 Å². The van der Waals surface area contributed by atoms with Gasteiger partial charge in [-0.25, -0.2) is 0 Å². The Morgan fingerprint density at radius 2 is 2.11 bits per heavy atom. The van der Waals surface area contributed by atoms with Crippen molar-refractivity contribution in [3.05, 3.63) is 10.7 Å². The maximum Gasteiger partial charge on any atom is 0.263 e. The summed E-state index contributed by atoms with van der Waals surface area (Å²) in [5.41, 5.74) is 0. The van der Waals surface area contributed by atoms with Crippen LogP contribution in [0.1, 0.15) is 13.3 Å². The zero-order chi connectivity index (χ0) is 13.7. The van der Waals surface area contributed by atoms with E-state index in [9.17, 15) is 15.0 Å².